The van der Waals surface area contributed by atoms with Gasteiger partial charge in [-0.2, -0.15) is 5.26 Å². The Morgan fingerprint density at radius 1 is 1.67 bits per heavy atom. The fraction of sp³-hybridized carbons (Fsp3) is 0.714. The fourth-order valence-corrected chi connectivity index (χ4v) is 0.577. The topological polar surface area (TPSA) is 74.2 Å². The third-order valence-electron chi connectivity index (χ3n) is 1.13. The molecular formula is C7H13N3O2. The van der Waals surface area contributed by atoms with Gasteiger partial charge in [-0.3, -0.25) is 4.79 Å². The largest absolute Gasteiger partial charge is 0.383 e. The van der Waals surface area contributed by atoms with E-state index >= 15 is 0 Å². The van der Waals surface area contributed by atoms with E-state index in [0.29, 0.717) is 13.2 Å². The van der Waals surface area contributed by atoms with Crippen molar-refractivity contribution in [2.45, 2.75) is 0 Å². The summed E-state index contributed by atoms with van der Waals surface area (Å²) in [6, 6.07) is 1.82. The van der Waals surface area contributed by atoms with Crippen molar-refractivity contribution in [1.29, 1.82) is 5.26 Å². The van der Waals surface area contributed by atoms with Crippen LogP contribution in [-0.4, -0.2) is 39.3 Å². The Hall–Kier alpha value is -1.12. The van der Waals surface area contributed by atoms with Gasteiger partial charge in [0.2, 0.25) is 5.91 Å². The molecule has 0 fully saturated rings. The van der Waals surface area contributed by atoms with Gasteiger partial charge in [0.1, 0.15) is 6.54 Å². The van der Waals surface area contributed by atoms with E-state index < -0.39 is 0 Å². The molecule has 0 aromatic rings. The van der Waals surface area contributed by atoms with Gasteiger partial charge in [0.15, 0.2) is 0 Å². The summed E-state index contributed by atoms with van der Waals surface area (Å²) < 4.78 is 4.76. The van der Waals surface area contributed by atoms with Gasteiger partial charge in [0.25, 0.3) is 0 Å². The molecule has 1 amide bonds. The van der Waals surface area contributed by atoms with Crippen molar-refractivity contribution in [3.63, 3.8) is 0 Å². The molecule has 0 bridgehead atoms. The highest BCUT2D eigenvalue weighted by atomic mass is 16.5. The van der Waals surface area contributed by atoms with E-state index in [1.54, 1.807) is 7.11 Å². The lowest BCUT2D eigenvalue weighted by Crippen LogP contribution is -2.35. The Morgan fingerprint density at radius 2 is 2.42 bits per heavy atom. The van der Waals surface area contributed by atoms with Crippen LogP contribution in [-0.2, 0) is 9.53 Å². The van der Waals surface area contributed by atoms with Crippen LogP contribution in [0.2, 0.25) is 0 Å². The molecule has 0 aliphatic rings. The van der Waals surface area contributed by atoms with Gasteiger partial charge in [0.05, 0.1) is 19.2 Å². The summed E-state index contributed by atoms with van der Waals surface area (Å²) in [5.74, 6) is -0.173. The van der Waals surface area contributed by atoms with Crippen LogP contribution >= 0.6 is 0 Å². The normalized spacial score (nSPS) is 9.00. The van der Waals surface area contributed by atoms with E-state index in [1.807, 2.05) is 6.07 Å². The zero-order valence-corrected chi connectivity index (χ0v) is 7.09. The second kappa shape index (κ2) is 7.98. The van der Waals surface area contributed by atoms with Gasteiger partial charge in [-0.25, -0.2) is 0 Å². The number of ether oxygens (including phenoxy) is 1. The summed E-state index contributed by atoms with van der Waals surface area (Å²) in [6.45, 7) is 1.50. The summed E-state index contributed by atoms with van der Waals surface area (Å²) in [5.41, 5.74) is 0. The Kier molecular flexibility index (Phi) is 7.24. The van der Waals surface area contributed by atoms with E-state index in [2.05, 4.69) is 10.6 Å². The maximum atomic E-state index is 10.8. The smallest absolute Gasteiger partial charge is 0.234 e. The van der Waals surface area contributed by atoms with Crippen LogP contribution in [0.1, 0.15) is 0 Å². The molecule has 68 valence electrons. The van der Waals surface area contributed by atoms with Gasteiger partial charge in [0, 0.05) is 13.7 Å². The summed E-state index contributed by atoms with van der Waals surface area (Å²) in [7, 11) is 1.59. The highest BCUT2D eigenvalue weighted by molar-refractivity contribution is 5.78. The molecule has 0 aromatic carbocycles. The lowest BCUT2D eigenvalue weighted by molar-refractivity contribution is -0.120. The van der Waals surface area contributed by atoms with Gasteiger partial charge in [-0.15, -0.1) is 0 Å². The molecule has 0 heterocycles. The van der Waals surface area contributed by atoms with Crippen molar-refractivity contribution in [3.8, 4) is 6.07 Å². The van der Waals surface area contributed by atoms with Crippen LogP contribution in [0, 0.1) is 11.3 Å². The van der Waals surface area contributed by atoms with E-state index in [0.717, 1.165) is 0 Å². The molecule has 0 saturated heterocycles. The van der Waals surface area contributed by atoms with Crippen molar-refractivity contribution in [3.05, 3.63) is 0 Å². The van der Waals surface area contributed by atoms with Crippen LogP contribution in [0.3, 0.4) is 0 Å². The Labute approximate surface area is 71.7 Å². The van der Waals surface area contributed by atoms with E-state index in [9.17, 15) is 4.79 Å². The SMILES string of the molecule is COCCNCC(=O)NCC#N. The third-order valence-corrected chi connectivity index (χ3v) is 1.13. The van der Waals surface area contributed by atoms with Crippen LogP contribution in [0.5, 0.6) is 0 Å². The second-order valence-electron chi connectivity index (χ2n) is 2.10. The maximum Gasteiger partial charge on any atom is 0.234 e. The molecular weight excluding hydrogens is 158 g/mol. The molecule has 0 saturated carbocycles. The first-order chi connectivity index (χ1) is 5.81. The highest BCUT2D eigenvalue weighted by Crippen LogP contribution is 1.66. The molecule has 2 N–H and O–H groups in total. The van der Waals surface area contributed by atoms with Crippen LogP contribution in [0.25, 0.3) is 0 Å². The molecule has 12 heavy (non-hydrogen) atoms. The van der Waals surface area contributed by atoms with Crippen molar-refractivity contribution in [2.24, 2.45) is 0 Å². The minimum atomic E-state index is -0.173. The molecule has 0 aromatic heterocycles. The molecule has 5 heteroatoms. The number of carbonyl (C=O) groups excluding carboxylic acids is 1. The Bertz CT molecular complexity index is 165. The van der Waals surface area contributed by atoms with Crippen molar-refractivity contribution in [2.75, 3.05) is 33.4 Å². The van der Waals surface area contributed by atoms with E-state index in [1.165, 1.54) is 0 Å². The predicted molar refractivity (Wildman–Crippen MR) is 43.4 cm³/mol. The monoisotopic (exact) mass is 171 g/mol. The summed E-state index contributed by atoms with van der Waals surface area (Å²) in [4.78, 5) is 10.8. The minimum Gasteiger partial charge on any atom is -0.383 e. The summed E-state index contributed by atoms with van der Waals surface area (Å²) in [5, 5.41) is 13.4. The number of amides is 1. The molecule has 0 aliphatic heterocycles. The van der Waals surface area contributed by atoms with Crippen molar-refractivity contribution >= 4 is 5.91 Å². The zero-order valence-electron chi connectivity index (χ0n) is 7.09. The lowest BCUT2D eigenvalue weighted by Gasteiger charge is -2.02. The number of nitrogens with zero attached hydrogens (tertiary/aromatic N) is 1. The number of nitriles is 1. The Morgan fingerprint density at radius 3 is 3.00 bits per heavy atom. The third kappa shape index (κ3) is 6.99. The van der Waals surface area contributed by atoms with Crippen LogP contribution in [0.4, 0.5) is 0 Å². The standard InChI is InChI=1S/C7H13N3O2/c1-12-5-4-9-6-7(11)10-3-2-8/h9H,3-6H2,1H3,(H,10,11). The molecule has 0 atom stereocenters. The average molecular weight is 171 g/mol. The van der Waals surface area contributed by atoms with Crippen LogP contribution in [0.15, 0.2) is 0 Å². The fourth-order valence-electron chi connectivity index (χ4n) is 0.577. The van der Waals surface area contributed by atoms with Crippen molar-refractivity contribution < 1.29 is 9.53 Å². The average Bonchev–Trinajstić information content (AvgIpc) is 2.09. The van der Waals surface area contributed by atoms with Crippen LogP contribution < -0.4 is 10.6 Å². The summed E-state index contributed by atoms with van der Waals surface area (Å²) in [6.07, 6.45) is 0. The second-order valence-corrected chi connectivity index (χ2v) is 2.10. The number of carbonyl (C=O) groups is 1. The summed E-state index contributed by atoms with van der Waals surface area (Å²) >= 11 is 0. The molecule has 0 unspecified atom stereocenters. The molecule has 0 spiro atoms. The Balaban J connectivity index is 3.15. The van der Waals surface area contributed by atoms with E-state index in [4.69, 9.17) is 10.00 Å². The number of nitrogens with one attached hydrogen (secondary N) is 2. The molecule has 0 radical (unpaired) electrons. The number of rotatable bonds is 6. The molecule has 0 rings (SSSR count). The highest BCUT2D eigenvalue weighted by Gasteiger charge is 1.97. The number of methoxy groups -OCH3 is 1. The number of hydrogen-bond acceptors (Lipinski definition) is 4. The van der Waals surface area contributed by atoms with E-state index in [-0.39, 0.29) is 19.0 Å². The van der Waals surface area contributed by atoms with Gasteiger partial charge in [-0.05, 0) is 0 Å². The first kappa shape index (κ1) is 10.9. The first-order valence-corrected chi connectivity index (χ1v) is 3.64. The molecule has 0 aliphatic carbocycles. The van der Waals surface area contributed by atoms with Gasteiger partial charge < -0.3 is 15.4 Å². The van der Waals surface area contributed by atoms with Gasteiger partial charge in [-0.1, -0.05) is 0 Å². The molecule has 5 nitrogen and oxygen atoms in total. The first-order valence-electron chi connectivity index (χ1n) is 3.64. The zero-order chi connectivity index (χ0) is 9.23. The van der Waals surface area contributed by atoms with Gasteiger partial charge >= 0.3 is 0 Å². The predicted octanol–water partition coefficient (Wildman–Crippen LogP) is -1.14. The minimum absolute atomic E-state index is 0.0603. The number of hydrogen-bond donors (Lipinski definition) is 2. The maximum absolute atomic E-state index is 10.8. The van der Waals surface area contributed by atoms with Crippen molar-refractivity contribution in [1.82, 2.24) is 10.6 Å². The quantitative estimate of drug-likeness (QED) is 0.391. The lowest BCUT2D eigenvalue weighted by atomic mass is 10.5.